The molecular formula is C21H28IN5O3S2. The number of thiazole rings is 1. The molecule has 2 unspecified atom stereocenters. The molecule has 0 saturated carbocycles. The summed E-state index contributed by atoms with van der Waals surface area (Å²) in [7, 11) is 1.60. The van der Waals surface area contributed by atoms with Crippen LogP contribution in [0.4, 0.5) is 5.95 Å². The zero-order valence-corrected chi connectivity index (χ0v) is 22.6. The zero-order valence-electron chi connectivity index (χ0n) is 18.8. The van der Waals surface area contributed by atoms with E-state index in [9.17, 15) is 9.35 Å². The fourth-order valence-electron chi connectivity index (χ4n) is 3.23. The first-order valence-electron chi connectivity index (χ1n) is 10.2. The second-order valence-corrected chi connectivity index (χ2v) is 10.3. The fourth-order valence-corrected chi connectivity index (χ4v) is 5.11. The number of aromatic nitrogens is 3. The topological polar surface area (TPSA) is 124 Å². The largest absolute Gasteiger partial charge is 0.609 e. The van der Waals surface area contributed by atoms with Gasteiger partial charge < -0.3 is 14.7 Å². The van der Waals surface area contributed by atoms with Crippen molar-refractivity contribution >= 4 is 78.6 Å². The number of nitrogens with one attached hydrogen (secondary N) is 2. The second-order valence-electron chi connectivity index (χ2n) is 7.01. The van der Waals surface area contributed by atoms with Gasteiger partial charge in [-0.05, 0) is 51.2 Å². The number of fused-ring (bicyclic) bond motifs is 1. The lowest BCUT2D eigenvalue weighted by Gasteiger charge is -2.19. The fraction of sp³-hybridized carbons (Fsp3) is 0.476. The molecule has 0 aliphatic rings. The van der Waals surface area contributed by atoms with Crippen LogP contribution in [0.3, 0.4) is 0 Å². The third-order valence-electron chi connectivity index (χ3n) is 5.09. The average Bonchev–Trinajstić information content (AvgIpc) is 3.24. The minimum absolute atomic E-state index is 0.0217. The molecule has 8 nitrogen and oxygen atoms in total. The number of methoxy groups -OCH3 is 1. The van der Waals surface area contributed by atoms with Crippen LogP contribution in [0.1, 0.15) is 50.7 Å². The molecule has 2 aromatic heterocycles. The van der Waals surface area contributed by atoms with Gasteiger partial charge in [0, 0.05) is 23.0 Å². The summed E-state index contributed by atoms with van der Waals surface area (Å²) in [5.74, 6) is 1.59. The molecule has 174 valence electrons. The summed E-state index contributed by atoms with van der Waals surface area (Å²) in [6, 6.07) is 0. The number of hydrogen-bond acceptors (Lipinski definition) is 9. The van der Waals surface area contributed by atoms with Gasteiger partial charge in [0.25, 0.3) is 0 Å². The van der Waals surface area contributed by atoms with Gasteiger partial charge in [0.2, 0.25) is 5.95 Å². The third-order valence-corrected chi connectivity index (χ3v) is 7.81. The highest BCUT2D eigenvalue weighted by Crippen LogP contribution is 2.32. The molecule has 2 atom stereocenters. The Morgan fingerprint density at radius 1 is 1.38 bits per heavy atom. The first kappa shape index (κ1) is 26.7. The van der Waals surface area contributed by atoms with Crippen molar-refractivity contribution in [1.29, 1.82) is 5.41 Å². The molecule has 0 spiro atoms. The van der Waals surface area contributed by atoms with Crippen LogP contribution in [-0.2, 0) is 20.7 Å². The quantitative estimate of drug-likeness (QED) is 0.0921. The van der Waals surface area contributed by atoms with Gasteiger partial charge in [-0.1, -0.05) is 18.3 Å². The Morgan fingerprint density at radius 2 is 2.09 bits per heavy atom. The Kier molecular flexibility index (Phi) is 10.5. The van der Waals surface area contributed by atoms with E-state index in [1.165, 1.54) is 17.6 Å². The van der Waals surface area contributed by atoms with E-state index in [4.69, 9.17) is 10.1 Å². The van der Waals surface area contributed by atoms with E-state index in [0.717, 1.165) is 22.5 Å². The predicted molar refractivity (Wildman–Crippen MR) is 141 cm³/mol. The van der Waals surface area contributed by atoms with Gasteiger partial charge in [-0.3, -0.25) is 3.53 Å². The van der Waals surface area contributed by atoms with Crippen LogP contribution < -0.4 is 3.53 Å². The van der Waals surface area contributed by atoms with Crippen molar-refractivity contribution in [3.63, 3.8) is 0 Å². The van der Waals surface area contributed by atoms with E-state index in [1.54, 1.807) is 14.0 Å². The number of rotatable bonds is 11. The van der Waals surface area contributed by atoms with Gasteiger partial charge in [0.05, 0.1) is 47.8 Å². The molecule has 2 N–H and O–H groups in total. The monoisotopic (exact) mass is 589 g/mol. The number of ether oxygens (including phenoxy) is 1. The Hall–Kier alpha value is -1.57. The van der Waals surface area contributed by atoms with Crippen molar-refractivity contribution in [3.05, 3.63) is 28.1 Å². The summed E-state index contributed by atoms with van der Waals surface area (Å²) in [4.78, 5) is 26.4. The van der Waals surface area contributed by atoms with Crippen LogP contribution in [0.2, 0.25) is 0 Å². The number of anilines is 1. The molecule has 0 amide bonds. The molecule has 32 heavy (non-hydrogen) atoms. The van der Waals surface area contributed by atoms with Crippen molar-refractivity contribution in [2.45, 2.75) is 47.0 Å². The number of aryl methyl sites for hydroxylation is 1. The number of carbonyl (C=O) groups excluding carboxylic acids is 1. The molecule has 2 rings (SSSR count). The minimum atomic E-state index is -1.44. The molecule has 2 heterocycles. The molecule has 0 bridgehead atoms. The van der Waals surface area contributed by atoms with E-state index in [2.05, 4.69) is 18.5 Å². The summed E-state index contributed by atoms with van der Waals surface area (Å²) < 4.78 is 20.2. The molecule has 0 fully saturated rings. The summed E-state index contributed by atoms with van der Waals surface area (Å²) in [6.07, 6.45) is 4.76. The van der Waals surface area contributed by atoms with E-state index < -0.39 is 11.2 Å². The summed E-state index contributed by atoms with van der Waals surface area (Å²) >= 11 is 1.95. The molecule has 0 saturated heterocycles. The van der Waals surface area contributed by atoms with Gasteiger partial charge in [-0.15, -0.1) is 0 Å². The molecular weight excluding hydrogens is 561 g/mol. The second kappa shape index (κ2) is 12.6. The standard InChI is InChI=1S/C21H28IN5O3S2/c1-6-14(8-9-17(28)32(29)7-2)16(13(4)30-5)10-15(11-23)19-25-18-12(3)24-21(27-22)26-20(18)31-19/h10-11,14,23H,6-9H2,1-5H3,(H,24,26,27)/b15-10+,16-13-,23-11?. The maximum atomic E-state index is 12.1. The highest BCUT2D eigenvalue weighted by molar-refractivity contribution is 14.1. The van der Waals surface area contributed by atoms with E-state index in [1.807, 2.05) is 49.7 Å². The molecule has 11 heteroatoms. The van der Waals surface area contributed by atoms with Crippen LogP contribution in [0.25, 0.3) is 15.9 Å². The molecule has 0 radical (unpaired) electrons. The van der Waals surface area contributed by atoms with Crippen molar-refractivity contribution in [2.24, 2.45) is 5.92 Å². The van der Waals surface area contributed by atoms with Crippen molar-refractivity contribution in [2.75, 3.05) is 16.4 Å². The van der Waals surface area contributed by atoms with Gasteiger partial charge in [0.15, 0.2) is 0 Å². The van der Waals surface area contributed by atoms with Crippen molar-refractivity contribution in [1.82, 2.24) is 15.0 Å². The number of allylic oxidation sites excluding steroid dienone is 4. The SMILES string of the molecule is CCC(CCC(=O)[S+]([O-])CC)C(/C=C(\C=N)c1nc2c(C)nc(NI)nc2s1)=C(/C)OC. The number of carbonyl (C=O) groups is 1. The van der Waals surface area contributed by atoms with Gasteiger partial charge >= 0.3 is 5.12 Å². The molecule has 2 aromatic rings. The third kappa shape index (κ3) is 6.49. The first-order chi connectivity index (χ1) is 15.3. The van der Waals surface area contributed by atoms with Crippen molar-refractivity contribution < 1.29 is 14.1 Å². The molecule has 0 aromatic carbocycles. The Labute approximate surface area is 209 Å². The summed E-state index contributed by atoms with van der Waals surface area (Å²) in [6.45, 7) is 7.54. The van der Waals surface area contributed by atoms with Gasteiger partial charge in [0.1, 0.15) is 21.1 Å². The normalized spacial score (nSPS) is 14.7. The molecule has 0 aliphatic carbocycles. The van der Waals surface area contributed by atoms with Crippen LogP contribution in [0, 0.1) is 18.3 Å². The lowest BCUT2D eigenvalue weighted by molar-refractivity contribution is -0.112. The van der Waals surface area contributed by atoms with E-state index in [0.29, 0.717) is 40.0 Å². The van der Waals surface area contributed by atoms with Crippen LogP contribution in [-0.4, -0.2) is 43.7 Å². The lowest BCUT2D eigenvalue weighted by atomic mass is 9.89. The number of nitrogens with zero attached hydrogens (tertiary/aromatic N) is 3. The van der Waals surface area contributed by atoms with E-state index in [-0.39, 0.29) is 17.5 Å². The Bertz CT molecular complexity index is 1040. The Balaban J connectivity index is 2.45. The summed E-state index contributed by atoms with van der Waals surface area (Å²) in [5, 5.41) is 8.45. The molecule has 0 aliphatic heterocycles. The predicted octanol–water partition coefficient (Wildman–Crippen LogP) is 5.21. The average molecular weight is 590 g/mol. The zero-order chi connectivity index (χ0) is 23.8. The highest BCUT2D eigenvalue weighted by atomic mass is 127. The van der Waals surface area contributed by atoms with Crippen LogP contribution in [0.15, 0.2) is 17.4 Å². The smallest absolute Gasteiger partial charge is 0.328 e. The lowest BCUT2D eigenvalue weighted by Crippen LogP contribution is -2.18. The number of hydrogen-bond donors (Lipinski definition) is 2. The van der Waals surface area contributed by atoms with Crippen LogP contribution in [0.5, 0.6) is 0 Å². The van der Waals surface area contributed by atoms with Crippen molar-refractivity contribution in [3.8, 4) is 0 Å². The van der Waals surface area contributed by atoms with E-state index >= 15 is 0 Å². The van der Waals surface area contributed by atoms with Gasteiger partial charge in [-0.2, -0.15) is 4.98 Å². The van der Waals surface area contributed by atoms with Gasteiger partial charge in [-0.25, -0.2) is 14.8 Å². The van der Waals surface area contributed by atoms with Crippen LogP contribution >= 0.6 is 34.2 Å². The summed E-state index contributed by atoms with van der Waals surface area (Å²) in [5.41, 5.74) is 3.01. The highest BCUT2D eigenvalue weighted by Gasteiger charge is 2.22. The Morgan fingerprint density at radius 3 is 2.66 bits per heavy atom. The first-order valence-corrected chi connectivity index (χ1v) is 13.4. The maximum Gasteiger partial charge on any atom is 0.328 e. The number of halogens is 1. The maximum absolute atomic E-state index is 12.1. The minimum Gasteiger partial charge on any atom is -0.609 e.